The molecule has 142 valence electrons. The van der Waals surface area contributed by atoms with Gasteiger partial charge in [0.05, 0.1) is 25.3 Å². The van der Waals surface area contributed by atoms with E-state index in [1.165, 1.54) is 39.3 Å². The summed E-state index contributed by atoms with van der Waals surface area (Å²) in [6.45, 7) is 0.0654. The van der Waals surface area contributed by atoms with Crippen LogP contribution >= 0.6 is 0 Å². The molecule has 1 N–H and O–H groups in total. The monoisotopic (exact) mass is 370 g/mol. The molecule has 0 aromatic heterocycles. The van der Waals surface area contributed by atoms with Crippen LogP contribution in [0.3, 0.4) is 0 Å². The Morgan fingerprint density at radius 3 is 2.37 bits per heavy atom. The fourth-order valence-electron chi connectivity index (χ4n) is 3.31. The third-order valence-corrected chi connectivity index (χ3v) is 4.63. The van der Waals surface area contributed by atoms with E-state index in [4.69, 9.17) is 9.47 Å². The normalized spacial score (nSPS) is 18.3. The van der Waals surface area contributed by atoms with Crippen molar-refractivity contribution in [1.82, 2.24) is 9.80 Å². The minimum atomic E-state index is -2.18. The van der Waals surface area contributed by atoms with E-state index < -0.39 is 17.5 Å². The molecule has 2 aromatic carbocycles. The van der Waals surface area contributed by atoms with Gasteiger partial charge >= 0.3 is 0 Å². The van der Waals surface area contributed by atoms with Gasteiger partial charge in [0.2, 0.25) is 0 Å². The van der Waals surface area contributed by atoms with Gasteiger partial charge in [-0.2, -0.15) is 0 Å². The molecular formula is C20H22N2O5. The zero-order valence-corrected chi connectivity index (χ0v) is 15.7. The van der Waals surface area contributed by atoms with Crippen LogP contribution in [-0.4, -0.2) is 55.0 Å². The Labute approximate surface area is 157 Å². The number of methoxy groups -OCH3 is 2. The number of amides is 2. The van der Waals surface area contributed by atoms with Gasteiger partial charge in [-0.15, -0.1) is 0 Å². The van der Waals surface area contributed by atoms with Crippen molar-refractivity contribution in [3.8, 4) is 11.5 Å². The van der Waals surface area contributed by atoms with Crippen molar-refractivity contribution in [2.75, 3.05) is 28.3 Å². The maximum Gasteiger partial charge on any atom is 0.280 e. The number of carbonyl (C=O) groups is 2. The molecule has 1 aliphatic rings. The lowest BCUT2D eigenvalue weighted by Crippen LogP contribution is -2.53. The first-order valence-electron chi connectivity index (χ1n) is 8.41. The highest BCUT2D eigenvalue weighted by molar-refractivity contribution is 6.07. The number of benzene rings is 2. The summed E-state index contributed by atoms with van der Waals surface area (Å²) in [5.41, 5.74) is -1.08. The standard InChI is InChI=1S/C20H22N2O5/c1-21(2)19(24)20(25)17-15(10-14(26-3)11-16(17)27-4)18(23)22(20)12-13-8-6-5-7-9-13/h5-11,25H,12H2,1-4H3. The number of likely N-dealkylation sites (N-methyl/N-ethyl adjacent to an activating group) is 1. The fourth-order valence-corrected chi connectivity index (χ4v) is 3.31. The second kappa shape index (κ2) is 6.92. The molecule has 0 spiro atoms. The van der Waals surface area contributed by atoms with Crippen molar-refractivity contribution in [2.45, 2.75) is 12.3 Å². The first-order valence-corrected chi connectivity index (χ1v) is 8.41. The van der Waals surface area contributed by atoms with Crippen molar-refractivity contribution < 1.29 is 24.2 Å². The molecule has 1 unspecified atom stereocenters. The van der Waals surface area contributed by atoms with E-state index in [1.54, 1.807) is 6.07 Å². The van der Waals surface area contributed by atoms with Crippen LogP contribution in [0.1, 0.15) is 21.5 Å². The lowest BCUT2D eigenvalue weighted by molar-refractivity contribution is -0.168. The number of ether oxygens (including phenoxy) is 2. The Bertz CT molecular complexity index is 881. The van der Waals surface area contributed by atoms with Crippen molar-refractivity contribution in [3.63, 3.8) is 0 Å². The van der Waals surface area contributed by atoms with Gasteiger partial charge in [0.25, 0.3) is 17.5 Å². The zero-order valence-electron chi connectivity index (χ0n) is 15.7. The Balaban J connectivity index is 2.22. The highest BCUT2D eigenvalue weighted by atomic mass is 16.5. The molecule has 0 saturated carbocycles. The minimum Gasteiger partial charge on any atom is -0.497 e. The molecule has 0 radical (unpaired) electrons. The summed E-state index contributed by atoms with van der Waals surface area (Å²) in [7, 11) is 5.94. The molecule has 2 aromatic rings. The summed E-state index contributed by atoms with van der Waals surface area (Å²) < 4.78 is 10.6. The number of hydrogen-bond acceptors (Lipinski definition) is 5. The molecule has 7 nitrogen and oxygen atoms in total. The van der Waals surface area contributed by atoms with Crippen molar-refractivity contribution in [1.29, 1.82) is 0 Å². The summed E-state index contributed by atoms with van der Waals surface area (Å²) in [5.74, 6) is -0.483. The SMILES string of the molecule is COc1cc(OC)c2c(c1)C(=O)N(Cc1ccccc1)C2(O)C(=O)N(C)C. The van der Waals surface area contributed by atoms with E-state index in [0.717, 1.165) is 10.5 Å². The van der Waals surface area contributed by atoms with Gasteiger partial charge < -0.3 is 19.5 Å². The highest BCUT2D eigenvalue weighted by Crippen LogP contribution is 2.46. The van der Waals surface area contributed by atoms with Crippen LogP contribution in [0, 0.1) is 0 Å². The number of rotatable bonds is 5. The highest BCUT2D eigenvalue weighted by Gasteiger charge is 2.56. The van der Waals surface area contributed by atoms with Gasteiger partial charge in [-0.05, 0) is 11.6 Å². The molecule has 27 heavy (non-hydrogen) atoms. The molecule has 2 amide bonds. The number of hydrogen-bond donors (Lipinski definition) is 1. The maximum absolute atomic E-state index is 13.2. The molecule has 0 saturated heterocycles. The van der Waals surface area contributed by atoms with Crippen LogP contribution in [0.15, 0.2) is 42.5 Å². The molecule has 0 fully saturated rings. The largest absolute Gasteiger partial charge is 0.497 e. The smallest absolute Gasteiger partial charge is 0.280 e. The van der Waals surface area contributed by atoms with Gasteiger partial charge in [-0.25, -0.2) is 0 Å². The van der Waals surface area contributed by atoms with Gasteiger partial charge in [0.1, 0.15) is 11.5 Å². The predicted octanol–water partition coefficient (Wildman–Crippen LogP) is 1.59. The van der Waals surface area contributed by atoms with Crippen LogP contribution in [0.5, 0.6) is 11.5 Å². The van der Waals surface area contributed by atoms with E-state index in [2.05, 4.69) is 0 Å². The summed E-state index contributed by atoms with van der Waals surface area (Å²) in [4.78, 5) is 28.6. The van der Waals surface area contributed by atoms with E-state index in [1.807, 2.05) is 30.3 Å². The first kappa shape index (κ1) is 18.7. The molecule has 1 atom stereocenters. The number of aliphatic hydroxyl groups is 1. The summed E-state index contributed by atoms with van der Waals surface area (Å²) >= 11 is 0. The quantitative estimate of drug-likeness (QED) is 0.865. The molecule has 7 heteroatoms. The second-order valence-electron chi connectivity index (χ2n) is 6.50. The number of nitrogens with zero attached hydrogens (tertiary/aromatic N) is 2. The van der Waals surface area contributed by atoms with Crippen LogP contribution in [-0.2, 0) is 17.1 Å². The van der Waals surface area contributed by atoms with Gasteiger partial charge in [-0.1, -0.05) is 30.3 Å². The Kier molecular flexibility index (Phi) is 4.80. The predicted molar refractivity (Wildman–Crippen MR) is 98.5 cm³/mol. The van der Waals surface area contributed by atoms with E-state index in [9.17, 15) is 14.7 Å². The number of fused-ring (bicyclic) bond motifs is 1. The molecule has 1 aliphatic heterocycles. The second-order valence-corrected chi connectivity index (χ2v) is 6.50. The summed E-state index contributed by atoms with van der Waals surface area (Å²) in [6.07, 6.45) is 0. The molecule has 1 heterocycles. The zero-order chi connectivity index (χ0) is 19.8. The summed E-state index contributed by atoms with van der Waals surface area (Å²) in [5, 5.41) is 11.5. The molecule has 0 bridgehead atoms. The van der Waals surface area contributed by atoms with Crippen molar-refractivity contribution >= 4 is 11.8 Å². The van der Waals surface area contributed by atoms with Crippen molar-refractivity contribution in [3.05, 3.63) is 59.2 Å². The minimum absolute atomic E-state index is 0.0654. The molecular weight excluding hydrogens is 348 g/mol. The lowest BCUT2D eigenvalue weighted by atomic mass is 9.98. The average Bonchev–Trinajstić information content (AvgIpc) is 2.90. The van der Waals surface area contributed by atoms with E-state index in [-0.39, 0.29) is 23.4 Å². The van der Waals surface area contributed by atoms with Crippen LogP contribution in [0.2, 0.25) is 0 Å². The molecule has 3 rings (SSSR count). The summed E-state index contributed by atoms with van der Waals surface area (Å²) in [6, 6.07) is 12.2. The topological polar surface area (TPSA) is 79.3 Å². The Morgan fingerprint density at radius 2 is 1.81 bits per heavy atom. The van der Waals surface area contributed by atoms with Gasteiger partial charge in [0.15, 0.2) is 0 Å². The van der Waals surface area contributed by atoms with E-state index in [0.29, 0.717) is 5.75 Å². The lowest BCUT2D eigenvalue weighted by Gasteiger charge is -2.35. The first-order chi connectivity index (χ1) is 12.8. The van der Waals surface area contributed by atoms with Gasteiger partial charge in [-0.3, -0.25) is 14.5 Å². The third kappa shape index (κ3) is 2.90. The van der Waals surface area contributed by atoms with Crippen LogP contribution < -0.4 is 9.47 Å². The fraction of sp³-hybridized carbons (Fsp3) is 0.300. The Hall–Kier alpha value is -3.06. The maximum atomic E-state index is 13.2. The van der Waals surface area contributed by atoms with Gasteiger partial charge in [0, 0.05) is 26.7 Å². The number of carbonyl (C=O) groups excluding carboxylic acids is 2. The van der Waals surface area contributed by atoms with E-state index >= 15 is 0 Å². The average molecular weight is 370 g/mol. The molecule has 0 aliphatic carbocycles. The van der Waals surface area contributed by atoms with Crippen LogP contribution in [0.25, 0.3) is 0 Å². The Morgan fingerprint density at radius 1 is 1.15 bits per heavy atom. The third-order valence-electron chi connectivity index (χ3n) is 4.63. The van der Waals surface area contributed by atoms with Crippen molar-refractivity contribution in [2.24, 2.45) is 0 Å². The van der Waals surface area contributed by atoms with Crippen LogP contribution in [0.4, 0.5) is 0 Å².